The van der Waals surface area contributed by atoms with Gasteiger partial charge in [-0.25, -0.2) is 9.69 Å². The third-order valence-electron chi connectivity index (χ3n) is 4.04. The molecule has 1 saturated heterocycles. The summed E-state index contributed by atoms with van der Waals surface area (Å²) in [7, 11) is 0. The summed E-state index contributed by atoms with van der Waals surface area (Å²) in [6.07, 6.45) is 1.64. The third kappa shape index (κ3) is 3.57. The molecule has 1 aliphatic rings. The van der Waals surface area contributed by atoms with Crippen LogP contribution in [0.2, 0.25) is 0 Å². The van der Waals surface area contributed by atoms with Crippen molar-refractivity contribution in [3.8, 4) is 11.5 Å². The number of carbonyl (C=O) groups is 2. The predicted molar refractivity (Wildman–Crippen MR) is 103 cm³/mol. The van der Waals surface area contributed by atoms with Gasteiger partial charge in [-0.15, -0.1) is 0 Å². The second-order valence-electron chi connectivity index (χ2n) is 5.95. The summed E-state index contributed by atoms with van der Waals surface area (Å²) in [5.41, 5.74) is 1.51. The van der Waals surface area contributed by atoms with Crippen molar-refractivity contribution in [3.63, 3.8) is 0 Å². The average Bonchev–Trinajstić information content (AvgIpc) is 2.97. The van der Waals surface area contributed by atoms with Gasteiger partial charge >= 0.3 is 6.03 Å². The lowest BCUT2D eigenvalue weighted by Crippen LogP contribution is -2.30. The lowest BCUT2D eigenvalue weighted by molar-refractivity contribution is -0.113. The molecule has 0 radical (unpaired) electrons. The van der Waals surface area contributed by atoms with Crippen LogP contribution in [-0.2, 0) is 4.79 Å². The molecule has 0 unspecified atom stereocenters. The van der Waals surface area contributed by atoms with Gasteiger partial charge in [0.15, 0.2) is 0 Å². The first-order valence-corrected chi connectivity index (χ1v) is 8.46. The summed E-state index contributed by atoms with van der Waals surface area (Å²) in [6, 6.07) is 25.1. The van der Waals surface area contributed by atoms with E-state index in [1.165, 1.54) is 0 Å². The Morgan fingerprint density at radius 1 is 0.778 bits per heavy atom. The highest BCUT2D eigenvalue weighted by Crippen LogP contribution is 2.25. The smallest absolute Gasteiger partial charge is 0.333 e. The zero-order valence-electron chi connectivity index (χ0n) is 14.3. The standard InChI is InChI=1S/C22H16N2O3/c25-21-20(23-22(26)24(21)17-9-3-1-4-10-17)15-16-8-7-13-19(14-16)27-18-11-5-2-6-12-18/h1-15H,(H,23,26)/b20-15+. The molecule has 3 amide bonds. The van der Waals surface area contributed by atoms with Crippen molar-refractivity contribution in [1.82, 2.24) is 5.32 Å². The van der Waals surface area contributed by atoms with Crippen molar-refractivity contribution >= 4 is 23.7 Å². The normalized spacial score (nSPS) is 15.1. The number of benzene rings is 3. The van der Waals surface area contributed by atoms with Gasteiger partial charge in [-0.2, -0.15) is 0 Å². The quantitative estimate of drug-likeness (QED) is 0.550. The Morgan fingerprint density at radius 2 is 1.44 bits per heavy atom. The van der Waals surface area contributed by atoms with E-state index in [0.717, 1.165) is 16.2 Å². The average molecular weight is 356 g/mol. The summed E-state index contributed by atoms with van der Waals surface area (Å²) in [5.74, 6) is 0.982. The molecule has 5 heteroatoms. The minimum Gasteiger partial charge on any atom is -0.457 e. The molecule has 1 N–H and O–H groups in total. The number of hydrogen-bond donors (Lipinski definition) is 1. The fourth-order valence-electron chi connectivity index (χ4n) is 2.81. The number of carbonyl (C=O) groups excluding carboxylic acids is 2. The molecular formula is C22H16N2O3. The summed E-state index contributed by atoms with van der Waals surface area (Å²) < 4.78 is 5.81. The lowest BCUT2D eigenvalue weighted by atomic mass is 10.1. The highest BCUT2D eigenvalue weighted by atomic mass is 16.5. The SMILES string of the molecule is O=C1N/C(=C/c2cccc(Oc3ccccc3)c2)C(=O)N1c1ccccc1. The highest BCUT2D eigenvalue weighted by Gasteiger charge is 2.34. The van der Waals surface area contributed by atoms with E-state index in [1.807, 2.05) is 60.7 Å². The van der Waals surface area contributed by atoms with E-state index in [2.05, 4.69) is 5.32 Å². The van der Waals surface area contributed by atoms with E-state index in [0.29, 0.717) is 11.4 Å². The van der Waals surface area contributed by atoms with E-state index >= 15 is 0 Å². The Kier molecular flexibility index (Phi) is 4.41. The monoisotopic (exact) mass is 356 g/mol. The van der Waals surface area contributed by atoms with Gasteiger partial charge < -0.3 is 10.1 Å². The van der Waals surface area contributed by atoms with Crippen LogP contribution in [0.1, 0.15) is 5.56 Å². The van der Waals surface area contributed by atoms with Crippen LogP contribution in [0.15, 0.2) is 90.6 Å². The molecule has 0 aromatic heterocycles. The predicted octanol–water partition coefficient (Wildman–Crippen LogP) is 4.58. The number of urea groups is 1. The molecule has 0 bridgehead atoms. The Bertz CT molecular complexity index is 1010. The summed E-state index contributed by atoms with van der Waals surface area (Å²) in [6.45, 7) is 0. The van der Waals surface area contributed by atoms with Crippen LogP contribution in [0.3, 0.4) is 0 Å². The Balaban J connectivity index is 1.58. The number of hydrogen-bond acceptors (Lipinski definition) is 3. The van der Waals surface area contributed by atoms with Crippen LogP contribution in [0.5, 0.6) is 11.5 Å². The molecule has 0 atom stereocenters. The number of amides is 3. The summed E-state index contributed by atoms with van der Waals surface area (Å²) >= 11 is 0. The van der Waals surface area contributed by atoms with Crippen molar-refractivity contribution in [2.24, 2.45) is 0 Å². The zero-order valence-corrected chi connectivity index (χ0v) is 14.3. The minimum atomic E-state index is -0.464. The third-order valence-corrected chi connectivity index (χ3v) is 4.04. The maximum atomic E-state index is 12.6. The lowest BCUT2D eigenvalue weighted by Gasteiger charge is -2.10. The fraction of sp³-hybridized carbons (Fsp3) is 0. The number of imide groups is 1. The van der Waals surface area contributed by atoms with E-state index in [4.69, 9.17) is 4.74 Å². The van der Waals surface area contributed by atoms with Crippen molar-refractivity contribution in [2.45, 2.75) is 0 Å². The molecule has 27 heavy (non-hydrogen) atoms. The van der Waals surface area contributed by atoms with E-state index < -0.39 is 6.03 Å². The van der Waals surface area contributed by atoms with Gasteiger partial charge in [0.25, 0.3) is 5.91 Å². The van der Waals surface area contributed by atoms with Gasteiger partial charge in [-0.3, -0.25) is 4.79 Å². The van der Waals surface area contributed by atoms with E-state index in [9.17, 15) is 9.59 Å². The Hall–Kier alpha value is -3.86. The topological polar surface area (TPSA) is 58.6 Å². The van der Waals surface area contributed by atoms with E-state index in [1.54, 1.807) is 30.3 Å². The minimum absolute atomic E-state index is 0.223. The molecule has 4 rings (SSSR count). The molecule has 1 aliphatic heterocycles. The summed E-state index contributed by atoms with van der Waals surface area (Å²) in [5, 5.41) is 2.63. The molecule has 0 aliphatic carbocycles. The van der Waals surface area contributed by atoms with Crippen LogP contribution in [-0.4, -0.2) is 11.9 Å². The molecule has 0 saturated carbocycles. The Morgan fingerprint density at radius 3 is 2.19 bits per heavy atom. The number of rotatable bonds is 4. The summed E-state index contributed by atoms with van der Waals surface area (Å²) in [4.78, 5) is 26.0. The Labute approximate surface area is 156 Å². The molecule has 1 heterocycles. The second kappa shape index (κ2) is 7.17. The van der Waals surface area contributed by atoms with Crippen molar-refractivity contribution in [3.05, 3.63) is 96.2 Å². The second-order valence-corrected chi connectivity index (χ2v) is 5.95. The van der Waals surface area contributed by atoms with Crippen molar-refractivity contribution < 1.29 is 14.3 Å². The first-order valence-electron chi connectivity index (χ1n) is 8.46. The molecular weight excluding hydrogens is 340 g/mol. The van der Waals surface area contributed by atoms with Crippen LogP contribution < -0.4 is 15.0 Å². The largest absolute Gasteiger partial charge is 0.457 e. The molecule has 0 spiro atoms. The van der Waals surface area contributed by atoms with Crippen LogP contribution in [0.4, 0.5) is 10.5 Å². The van der Waals surface area contributed by atoms with E-state index in [-0.39, 0.29) is 11.6 Å². The zero-order chi connectivity index (χ0) is 18.6. The van der Waals surface area contributed by atoms with Crippen LogP contribution >= 0.6 is 0 Å². The van der Waals surface area contributed by atoms with Crippen molar-refractivity contribution in [1.29, 1.82) is 0 Å². The molecule has 1 fully saturated rings. The maximum Gasteiger partial charge on any atom is 0.333 e. The van der Waals surface area contributed by atoms with Crippen LogP contribution in [0, 0.1) is 0 Å². The van der Waals surface area contributed by atoms with Crippen molar-refractivity contribution in [2.75, 3.05) is 4.90 Å². The molecule has 5 nitrogen and oxygen atoms in total. The molecule has 132 valence electrons. The van der Waals surface area contributed by atoms with Crippen LogP contribution in [0.25, 0.3) is 6.08 Å². The number of para-hydroxylation sites is 2. The van der Waals surface area contributed by atoms with Gasteiger partial charge in [-0.05, 0) is 48.0 Å². The van der Waals surface area contributed by atoms with Gasteiger partial charge in [-0.1, -0.05) is 48.5 Å². The maximum absolute atomic E-state index is 12.6. The van der Waals surface area contributed by atoms with Gasteiger partial charge in [0.1, 0.15) is 17.2 Å². The first kappa shape index (κ1) is 16.6. The van der Waals surface area contributed by atoms with Gasteiger partial charge in [0.2, 0.25) is 0 Å². The highest BCUT2D eigenvalue weighted by molar-refractivity contribution is 6.28. The molecule has 3 aromatic carbocycles. The molecule has 3 aromatic rings. The number of nitrogens with zero attached hydrogens (tertiary/aromatic N) is 1. The number of nitrogens with one attached hydrogen (secondary N) is 1. The van der Waals surface area contributed by atoms with Gasteiger partial charge in [0.05, 0.1) is 5.69 Å². The fourth-order valence-corrected chi connectivity index (χ4v) is 2.81. The first-order chi connectivity index (χ1) is 13.2. The number of anilines is 1. The van der Waals surface area contributed by atoms with Gasteiger partial charge in [0, 0.05) is 0 Å². The number of ether oxygens (including phenoxy) is 1.